The molecular formula is C9H12N2S2. The Morgan fingerprint density at radius 1 is 1.46 bits per heavy atom. The van der Waals surface area contributed by atoms with Gasteiger partial charge in [-0.25, -0.2) is 0 Å². The summed E-state index contributed by atoms with van der Waals surface area (Å²) in [7, 11) is 1.75. The molecule has 1 aromatic carbocycles. The number of thiol groups is 1. The Balaban J connectivity index is 2.43. The van der Waals surface area contributed by atoms with Gasteiger partial charge in [-0.3, -0.25) is 4.99 Å². The van der Waals surface area contributed by atoms with Gasteiger partial charge in [0.15, 0.2) is 5.17 Å². The molecule has 0 saturated carbocycles. The molecule has 0 unspecified atom stereocenters. The third-order valence-electron chi connectivity index (χ3n) is 1.52. The third kappa shape index (κ3) is 3.74. The maximum absolute atomic E-state index is 4.01. The molecule has 0 atom stereocenters. The van der Waals surface area contributed by atoms with Gasteiger partial charge in [0.05, 0.1) is 0 Å². The first-order valence-electron chi connectivity index (χ1n) is 3.90. The van der Waals surface area contributed by atoms with E-state index in [1.54, 1.807) is 18.8 Å². The van der Waals surface area contributed by atoms with Crippen molar-refractivity contribution in [3.05, 3.63) is 35.9 Å². The average Bonchev–Trinajstić information content (AvgIpc) is 2.21. The summed E-state index contributed by atoms with van der Waals surface area (Å²) in [4.78, 5) is 4.01. The second-order valence-electron chi connectivity index (χ2n) is 2.41. The topological polar surface area (TPSA) is 24.4 Å². The standard InChI is InChI=1S/C9H12N2S2/c1-10-9(11-12)13-7-8-5-3-2-4-6-8/h2-6,12H,7H2,1H3,(H,10,11). The molecule has 0 aliphatic carbocycles. The first-order chi connectivity index (χ1) is 6.36. The largest absolute Gasteiger partial charge is 0.312 e. The highest BCUT2D eigenvalue weighted by Gasteiger charge is 1.96. The Morgan fingerprint density at radius 3 is 2.69 bits per heavy atom. The van der Waals surface area contributed by atoms with E-state index < -0.39 is 0 Å². The van der Waals surface area contributed by atoms with Crippen LogP contribution in [0.3, 0.4) is 0 Å². The predicted octanol–water partition coefficient (Wildman–Crippen LogP) is 2.34. The van der Waals surface area contributed by atoms with Gasteiger partial charge >= 0.3 is 0 Å². The molecule has 0 bridgehead atoms. The summed E-state index contributed by atoms with van der Waals surface area (Å²) in [6.07, 6.45) is 0. The highest BCUT2D eigenvalue weighted by molar-refractivity contribution is 8.13. The molecule has 0 heterocycles. The lowest BCUT2D eigenvalue weighted by atomic mass is 10.2. The first-order valence-corrected chi connectivity index (χ1v) is 5.33. The van der Waals surface area contributed by atoms with Gasteiger partial charge in [0, 0.05) is 12.8 Å². The van der Waals surface area contributed by atoms with E-state index in [1.165, 1.54) is 5.56 Å². The van der Waals surface area contributed by atoms with Crippen LogP contribution in [0.15, 0.2) is 35.3 Å². The van der Waals surface area contributed by atoms with Crippen molar-refractivity contribution in [1.82, 2.24) is 4.72 Å². The van der Waals surface area contributed by atoms with Crippen molar-refractivity contribution in [2.75, 3.05) is 7.05 Å². The zero-order valence-corrected chi connectivity index (χ0v) is 9.11. The Bertz CT molecular complexity index is 272. The molecule has 4 heteroatoms. The lowest BCUT2D eigenvalue weighted by Gasteiger charge is -2.02. The molecule has 2 nitrogen and oxygen atoms in total. The second-order valence-corrected chi connectivity index (χ2v) is 3.60. The van der Waals surface area contributed by atoms with E-state index in [0.717, 1.165) is 10.9 Å². The lowest BCUT2D eigenvalue weighted by Crippen LogP contribution is -2.07. The molecule has 0 amide bonds. The minimum Gasteiger partial charge on any atom is -0.312 e. The number of rotatable bonds is 2. The highest BCUT2D eigenvalue weighted by atomic mass is 32.2. The van der Waals surface area contributed by atoms with Crippen LogP contribution in [-0.2, 0) is 5.75 Å². The maximum atomic E-state index is 4.01. The fourth-order valence-corrected chi connectivity index (χ4v) is 1.86. The molecule has 13 heavy (non-hydrogen) atoms. The van der Waals surface area contributed by atoms with Crippen LogP contribution in [0.1, 0.15) is 5.56 Å². The quantitative estimate of drug-likeness (QED) is 0.447. The number of nitrogens with one attached hydrogen (secondary N) is 1. The summed E-state index contributed by atoms with van der Waals surface area (Å²) in [5.41, 5.74) is 1.29. The molecule has 0 spiro atoms. The third-order valence-corrected chi connectivity index (χ3v) is 2.92. The Kier molecular flexibility index (Phi) is 4.78. The van der Waals surface area contributed by atoms with Crippen molar-refractivity contribution in [2.45, 2.75) is 5.75 Å². The molecule has 1 rings (SSSR count). The number of hydrogen-bond acceptors (Lipinski definition) is 3. The molecule has 0 aliphatic heterocycles. The van der Waals surface area contributed by atoms with E-state index >= 15 is 0 Å². The SMILES string of the molecule is CN=C(NS)SCc1ccccc1. The molecule has 0 fully saturated rings. The van der Waals surface area contributed by atoms with Crippen molar-refractivity contribution in [1.29, 1.82) is 0 Å². The number of nitrogens with zero attached hydrogens (tertiary/aromatic N) is 1. The van der Waals surface area contributed by atoms with Gasteiger partial charge in [0.2, 0.25) is 0 Å². The van der Waals surface area contributed by atoms with E-state index in [2.05, 4.69) is 34.7 Å². The first kappa shape index (κ1) is 10.5. The predicted molar refractivity (Wildman–Crippen MR) is 63.2 cm³/mol. The minimum atomic E-state index is 0.840. The van der Waals surface area contributed by atoms with Crippen LogP contribution in [0.5, 0.6) is 0 Å². The van der Waals surface area contributed by atoms with Gasteiger partial charge in [0.25, 0.3) is 0 Å². The molecule has 0 aromatic heterocycles. The Labute approximate surface area is 88.4 Å². The van der Waals surface area contributed by atoms with Crippen molar-refractivity contribution < 1.29 is 0 Å². The number of benzene rings is 1. The Morgan fingerprint density at radius 2 is 2.15 bits per heavy atom. The fourth-order valence-electron chi connectivity index (χ4n) is 0.873. The van der Waals surface area contributed by atoms with Gasteiger partial charge in [-0.1, -0.05) is 54.9 Å². The number of thioether (sulfide) groups is 1. The van der Waals surface area contributed by atoms with E-state index in [4.69, 9.17) is 0 Å². The van der Waals surface area contributed by atoms with E-state index in [1.807, 2.05) is 18.2 Å². The van der Waals surface area contributed by atoms with Gasteiger partial charge < -0.3 is 4.72 Å². The van der Waals surface area contributed by atoms with Crippen LogP contribution in [0.25, 0.3) is 0 Å². The van der Waals surface area contributed by atoms with Crippen LogP contribution in [-0.4, -0.2) is 12.2 Å². The molecule has 0 saturated heterocycles. The van der Waals surface area contributed by atoms with E-state index in [9.17, 15) is 0 Å². The smallest absolute Gasteiger partial charge is 0.166 e. The number of aliphatic imine (C=N–C) groups is 1. The molecule has 1 N–H and O–H groups in total. The van der Waals surface area contributed by atoms with Crippen molar-refractivity contribution in [3.63, 3.8) is 0 Å². The monoisotopic (exact) mass is 212 g/mol. The van der Waals surface area contributed by atoms with Crippen LogP contribution >= 0.6 is 24.6 Å². The second kappa shape index (κ2) is 5.94. The van der Waals surface area contributed by atoms with Crippen molar-refractivity contribution in [3.8, 4) is 0 Å². The summed E-state index contributed by atoms with van der Waals surface area (Å²) in [6.45, 7) is 0. The summed E-state index contributed by atoms with van der Waals surface area (Å²) in [5, 5.41) is 0.840. The van der Waals surface area contributed by atoms with Crippen LogP contribution in [0.2, 0.25) is 0 Å². The number of amidine groups is 1. The van der Waals surface area contributed by atoms with Crippen molar-refractivity contribution >= 4 is 29.7 Å². The van der Waals surface area contributed by atoms with Gasteiger partial charge in [0.1, 0.15) is 0 Å². The van der Waals surface area contributed by atoms with Gasteiger partial charge in [-0.15, -0.1) is 0 Å². The summed E-state index contributed by atoms with van der Waals surface area (Å²) in [6, 6.07) is 10.3. The van der Waals surface area contributed by atoms with Crippen LogP contribution in [0, 0.1) is 0 Å². The van der Waals surface area contributed by atoms with Crippen molar-refractivity contribution in [2.24, 2.45) is 4.99 Å². The molecule has 1 aromatic rings. The molecule has 0 aliphatic rings. The average molecular weight is 212 g/mol. The molecule has 0 radical (unpaired) electrons. The summed E-state index contributed by atoms with van der Waals surface area (Å²) < 4.78 is 2.73. The van der Waals surface area contributed by atoms with Gasteiger partial charge in [-0.2, -0.15) is 0 Å². The molecule has 70 valence electrons. The van der Waals surface area contributed by atoms with Gasteiger partial charge in [-0.05, 0) is 5.56 Å². The zero-order valence-electron chi connectivity index (χ0n) is 7.40. The highest BCUT2D eigenvalue weighted by Crippen LogP contribution is 2.12. The lowest BCUT2D eigenvalue weighted by molar-refractivity contribution is 1.39. The number of hydrogen-bond donors (Lipinski definition) is 2. The maximum Gasteiger partial charge on any atom is 0.166 e. The van der Waals surface area contributed by atoms with E-state index in [0.29, 0.717) is 0 Å². The zero-order chi connectivity index (χ0) is 9.52. The van der Waals surface area contributed by atoms with E-state index in [-0.39, 0.29) is 0 Å². The summed E-state index contributed by atoms with van der Waals surface area (Å²) >= 11 is 5.58. The minimum absolute atomic E-state index is 0.840. The van der Waals surface area contributed by atoms with Crippen LogP contribution < -0.4 is 4.72 Å². The Hall–Kier alpha value is -0.610. The molecular weight excluding hydrogens is 200 g/mol. The fraction of sp³-hybridized carbons (Fsp3) is 0.222. The normalized spacial score (nSPS) is 11.4. The van der Waals surface area contributed by atoms with Crippen LogP contribution in [0.4, 0.5) is 0 Å². The summed E-state index contributed by atoms with van der Waals surface area (Å²) in [5.74, 6) is 0.918.